The average molecular weight is 274 g/mol. The number of fused-ring (bicyclic) bond motifs is 2. The van der Waals surface area contributed by atoms with Crippen LogP contribution in [-0.4, -0.2) is 43.2 Å². The standard InChI is InChI=1S/C17H26N2O/c1-13-4-3-5-17(10-13)20-9-8-19(2)16-11-14-6-7-15(12-16)18-14/h3-5,10,14-16,18H,6-9,11-12H2,1-2H3. The quantitative estimate of drug-likeness (QED) is 0.893. The average Bonchev–Trinajstić information content (AvgIpc) is 2.77. The second-order valence-corrected chi connectivity index (χ2v) is 6.41. The summed E-state index contributed by atoms with van der Waals surface area (Å²) < 4.78 is 5.86. The summed E-state index contributed by atoms with van der Waals surface area (Å²) in [6.45, 7) is 3.89. The molecule has 20 heavy (non-hydrogen) atoms. The molecule has 2 heterocycles. The topological polar surface area (TPSA) is 24.5 Å². The van der Waals surface area contributed by atoms with Crippen LogP contribution in [0.5, 0.6) is 5.75 Å². The van der Waals surface area contributed by atoms with E-state index in [1.807, 2.05) is 6.07 Å². The fourth-order valence-corrected chi connectivity index (χ4v) is 3.58. The molecule has 2 aliphatic rings. The lowest BCUT2D eigenvalue weighted by Gasteiger charge is -2.35. The fourth-order valence-electron chi connectivity index (χ4n) is 3.58. The van der Waals surface area contributed by atoms with E-state index < -0.39 is 0 Å². The molecule has 0 radical (unpaired) electrons. The number of ether oxygens (including phenoxy) is 1. The van der Waals surface area contributed by atoms with Crippen molar-refractivity contribution in [3.05, 3.63) is 29.8 Å². The molecule has 1 aromatic rings. The predicted octanol–water partition coefficient (Wildman–Crippen LogP) is 2.59. The van der Waals surface area contributed by atoms with E-state index in [1.54, 1.807) is 0 Å². The monoisotopic (exact) mass is 274 g/mol. The second kappa shape index (κ2) is 6.15. The third-order valence-electron chi connectivity index (χ3n) is 4.77. The van der Waals surface area contributed by atoms with Crippen molar-refractivity contribution in [2.75, 3.05) is 20.2 Å². The van der Waals surface area contributed by atoms with Crippen molar-refractivity contribution in [3.63, 3.8) is 0 Å². The zero-order valence-electron chi connectivity index (χ0n) is 12.6. The number of benzene rings is 1. The normalized spacial score (nSPS) is 28.9. The van der Waals surface area contributed by atoms with Gasteiger partial charge in [-0.25, -0.2) is 0 Å². The number of nitrogens with one attached hydrogen (secondary N) is 1. The van der Waals surface area contributed by atoms with Gasteiger partial charge in [0.15, 0.2) is 0 Å². The van der Waals surface area contributed by atoms with Crippen LogP contribution in [0.25, 0.3) is 0 Å². The molecule has 3 rings (SSSR count). The highest BCUT2D eigenvalue weighted by atomic mass is 16.5. The van der Waals surface area contributed by atoms with Crippen LogP contribution in [-0.2, 0) is 0 Å². The highest BCUT2D eigenvalue weighted by Gasteiger charge is 2.34. The van der Waals surface area contributed by atoms with Gasteiger partial charge in [0.05, 0.1) is 0 Å². The molecule has 2 aliphatic heterocycles. The number of aryl methyl sites for hydroxylation is 1. The Hall–Kier alpha value is -1.06. The van der Waals surface area contributed by atoms with Crippen LogP contribution in [0, 0.1) is 6.92 Å². The first-order chi connectivity index (χ1) is 9.70. The Labute approximate surface area is 122 Å². The molecule has 3 heteroatoms. The molecular formula is C17H26N2O. The van der Waals surface area contributed by atoms with Crippen molar-refractivity contribution < 1.29 is 4.74 Å². The van der Waals surface area contributed by atoms with Crippen molar-refractivity contribution in [2.24, 2.45) is 0 Å². The van der Waals surface area contributed by atoms with E-state index in [9.17, 15) is 0 Å². The third kappa shape index (κ3) is 3.33. The van der Waals surface area contributed by atoms with Crippen molar-refractivity contribution in [2.45, 2.75) is 50.7 Å². The van der Waals surface area contributed by atoms with Gasteiger partial charge in [-0.1, -0.05) is 12.1 Å². The highest BCUT2D eigenvalue weighted by Crippen LogP contribution is 2.29. The molecule has 0 saturated carbocycles. The Morgan fingerprint density at radius 2 is 2.00 bits per heavy atom. The summed E-state index contributed by atoms with van der Waals surface area (Å²) in [5.41, 5.74) is 1.26. The molecule has 0 amide bonds. The number of likely N-dealkylation sites (N-methyl/N-ethyl adjacent to an activating group) is 1. The summed E-state index contributed by atoms with van der Waals surface area (Å²) in [4.78, 5) is 2.49. The molecule has 0 aromatic heterocycles. The molecule has 1 N–H and O–H groups in total. The fraction of sp³-hybridized carbons (Fsp3) is 0.647. The molecule has 110 valence electrons. The minimum atomic E-state index is 0.731. The minimum Gasteiger partial charge on any atom is -0.492 e. The van der Waals surface area contributed by atoms with Gasteiger partial charge in [-0.2, -0.15) is 0 Å². The lowest BCUT2D eigenvalue weighted by molar-refractivity contribution is 0.147. The Morgan fingerprint density at radius 3 is 2.70 bits per heavy atom. The van der Waals surface area contributed by atoms with E-state index in [-0.39, 0.29) is 0 Å². The summed E-state index contributed by atoms with van der Waals surface area (Å²) >= 11 is 0. The van der Waals surface area contributed by atoms with Crippen LogP contribution in [0.15, 0.2) is 24.3 Å². The van der Waals surface area contributed by atoms with E-state index in [0.717, 1.165) is 37.0 Å². The Kier molecular flexibility index (Phi) is 4.27. The second-order valence-electron chi connectivity index (χ2n) is 6.41. The zero-order chi connectivity index (χ0) is 13.9. The van der Waals surface area contributed by atoms with E-state index in [4.69, 9.17) is 4.74 Å². The number of rotatable bonds is 5. The van der Waals surface area contributed by atoms with E-state index in [0.29, 0.717) is 0 Å². The SMILES string of the molecule is Cc1cccc(OCCN(C)C2CC3CCC(C2)N3)c1. The summed E-state index contributed by atoms with van der Waals surface area (Å²) in [7, 11) is 2.25. The molecule has 1 aromatic carbocycles. The van der Waals surface area contributed by atoms with Crippen molar-refractivity contribution in [1.29, 1.82) is 0 Å². The van der Waals surface area contributed by atoms with Gasteiger partial charge in [-0.3, -0.25) is 4.90 Å². The van der Waals surface area contributed by atoms with Gasteiger partial charge in [-0.05, 0) is 57.4 Å². The van der Waals surface area contributed by atoms with Crippen LogP contribution in [0.2, 0.25) is 0 Å². The summed E-state index contributed by atoms with van der Waals surface area (Å²) in [5.74, 6) is 0.990. The van der Waals surface area contributed by atoms with Gasteiger partial charge in [-0.15, -0.1) is 0 Å². The molecule has 2 saturated heterocycles. The summed E-state index contributed by atoms with van der Waals surface area (Å²) in [5, 5.41) is 3.71. The van der Waals surface area contributed by atoms with Crippen molar-refractivity contribution in [1.82, 2.24) is 10.2 Å². The van der Waals surface area contributed by atoms with Gasteiger partial charge < -0.3 is 10.1 Å². The van der Waals surface area contributed by atoms with Gasteiger partial charge in [0.25, 0.3) is 0 Å². The lowest BCUT2D eigenvalue weighted by atomic mass is 9.99. The summed E-state index contributed by atoms with van der Waals surface area (Å²) in [6, 6.07) is 10.6. The number of piperidine rings is 1. The highest BCUT2D eigenvalue weighted by molar-refractivity contribution is 5.27. The zero-order valence-corrected chi connectivity index (χ0v) is 12.6. The predicted molar refractivity (Wildman–Crippen MR) is 82.3 cm³/mol. The molecule has 2 atom stereocenters. The number of hydrogen-bond donors (Lipinski definition) is 1. The van der Waals surface area contributed by atoms with E-state index in [2.05, 4.69) is 42.4 Å². The van der Waals surface area contributed by atoms with Crippen LogP contribution < -0.4 is 10.1 Å². The third-order valence-corrected chi connectivity index (χ3v) is 4.77. The van der Waals surface area contributed by atoms with Crippen LogP contribution in [0.3, 0.4) is 0 Å². The van der Waals surface area contributed by atoms with Gasteiger partial charge in [0.1, 0.15) is 12.4 Å². The first kappa shape index (κ1) is 13.9. The molecule has 2 unspecified atom stereocenters. The molecule has 2 fully saturated rings. The van der Waals surface area contributed by atoms with Gasteiger partial charge in [0, 0.05) is 24.7 Å². The Morgan fingerprint density at radius 1 is 1.25 bits per heavy atom. The molecule has 2 bridgehead atoms. The number of hydrogen-bond acceptors (Lipinski definition) is 3. The first-order valence-corrected chi connectivity index (χ1v) is 7.86. The van der Waals surface area contributed by atoms with Gasteiger partial charge >= 0.3 is 0 Å². The maximum Gasteiger partial charge on any atom is 0.119 e. The van der Waals surface area contributed by atoms with E-state index in [1.165, 1.54) is 31.2 Å². The number of nitrogens with zero attached hydrogens (tertiary/aromatic N) is 1. The Balaban J connectivity index is 1.44. The van der Waals surface area contributed by atoms with Crippen LogP contribution >= 0.6 is 0 Å². The first-order valence-electron chi connectivity index (χ1n) is 7.86. The molecular weight excluding hydrogens is 248 g/mol. The minimum absolute atomic E-state index is 0.731. The largest absolute Gasteiger partial charge is 0.492 e. The van der Waals surface area contributed by atoms with Crippen molar-refractivity contribution >= 4 is 0 Å². The summed E-state index contributed by atoms with van der Waals surface area (Å²) in [6.07, 6.45) is 5.35. The smallest absolute Gasteiger partial charge is 0.119 e. The molecule has 3 nitrogen and oxygen atoms in total. The van der Waals surface area contributed by atoms with Crippen molar-refractivity contribution in [3.8, 4) is 5.75 Å². The molecule has 0 aliphatic carbocycles. The van der Waals surface area contributed by atoms with Gasteiger partial charge in [0.2, 0.25) is 0 Å². The maximum absolute atomic E-state index is 5.86. The van der Waals surface area contributed by atoms with Crippen LogP contribution in [0.1, 0.15) is 31.2 Å². The van der Waals surface area contributed by atoms with E-state index >= 15 is 0 Å². The Bertz CT molecular complexity index is 436. The molecule has 0 spiro atoms. The maximum atomic E-state index is 5.86. The lowest BCUT2D eigenvalue weighted by Crippen LogP contribution is -2.47. The van der Waals surface area contributed by atoms with Crippen LogP contribution in [0.4, 0.5) is 0 Å².